The van der Waals surface area contributed by atoms with E-state index >= 15 is 0 Å². The summed E-state index contributed by atoms with van der Waals surface area (Å²) in [6.45, 7) is 0. The van der Waals surface area contributed by atoms with Crippen molar-refractivity contribution >= 4 is 0 Å². The molecule has 0 radical (unpaired) electrons. The third-order valence-electron chi connectivity index (χ3n) is 4.18. The number of hydrogen-bond acceptors (Lipinski definition) is 1. The maximum atomic E-state index is 14.0. The van der Waals surface area contributed by atoms with Crippen LogP contribution in [0.4, 0.5) is 8.78 Å². The highest BCUT2D eigenvalue weighted by Crippen LogP contribution is 2.36. The van der Waals surface area contributed by atoms with Crippen molar-refractivity contribution in [1.82, 2.24) is 5.32 Å². The van der Waals surface area contributed by atoms with E-state index in [-0.39, 0.29) is 17.5 Å². The zero-order valence-corrected chi connectivity index (χ0v) is 11.4. The molecule has 1 N–H and O–H groups in total. The Morgan fingerprint density at radius 1 is 0.950 bits per heavy atom. The number of benzene rings is 2. The molecule has 1 aliphatic carbocycles. The van der Waals surface area contributed by atoms with Gasteiger partial charge in [0.1, 0.15) is 11.6 Å². The zero-order chi connectivity index (χ0) is 14.1. The van der Waals surface area contributed by atoms with E-state index in [0.29, 0.717) is 0 Å². The minimum absolute atomic E-state index is 0.160. The van der Waals surface area contributed by atoms with Crippen LogP contribution in [0.25, 0.3) is 0 Å². The molecule has 0 bridgehead atoms. The van der Waals surface area contributed by atoms with Gasteiger partial charge in [0.15, 0.2) is 0 Å². The standard InChI is InChI=1S/C17H17F2N/c1-20-17(16-14(18)7-4-8-15(16)19)13-9-11-5-2-3-6-12(11)10-13/h2-8,13,17,20H,9-10H2,1H3. The third-order valence-corrected chi connectivity index (χ3v) is 4.18. The van der Waals surface area contributed by atoms with Crippen molar-refractivity contribution in [3.63, 3.8) is 0 Å². The van der Waals surface area contributed by atoms with Gasteiger partial charge in [0, 0.05) is 11.6 Å². The number of fused-ring (bicyclic) bond motifs is 1. The van der Waals surface area contributed by atoms with Crippen LogP contribution in [0, 0.1) is 17.6 Å². The van der Waals surface area contributed by atoms with Gasteiger partial charge in [-0.2, -0.15) is 0 Å². The number of nitrogens with one attached hydrogen (secondary N) is 1. The molecule has 2 aromatic rings. The average Bonchev–Trinajstić information content (AvgIpc) is 2.86. The molecule has 0 heterocycles. The maximum absolute atomic E-state index is 14.0. The van der Waals surface area contributed by atoms with Gasteiger partial charge in [0.05, 0.1) is 0 Å². The van der Waals surface area contributed by atoms with Gasteiger partial charge in [-0.15, -0.1) is 0 Å². The third kappa shape index (κ3) is 2.22. The second-order valence-corrected chi connectivity index (χ2v) is 5.34. The fourth-order valence-corrected chi connectivity index (χ4v) is 3.25. The van der Waals surface area contributed by atoms with Crippen molar-refractivity contribution in [2.24, 2.45) is 5.92 Å². The largest absolute Gasteiger partial charge is 0.313 e. The first kappa shape index (κ1) is 13.3. The fourth-order valence-electron chi connectivity index (χ4n) is 3.25. The predicted molar refractivity (Wildman–Crippen MR) is 75.5 cm³/mol. The fraction of sp³-hybridized carbons (Fsp3) is 0.294. The van der Waals surface area contributed by atoms with E-state index in [2.05, 4.69) is 17.4 Å². The van der Waals surface area contributed by atoms with Crippen LogP contribution < -0.4 is 5.32 Å². The molecule has 0 spiro atoms. The summed E-state index contributed by atoms with van der Waals surface area (Å²) in [5.74, 6) is -0.760. The number of halogens is 2. The van der Waals surface area contributed by atoms with Gasteiger partial charge in [-0.05, 0) is 49.1 Å². The van der Waals surface area contributed by atoms with Crippen molar-refractivity contribution in [2.45, 2.75) is 18.9 Å². The molecule has 1 unspecified atom stereocenters. The van der Waals surface area contributed by atoms with E-state index in [4.69, 9.17) is 0 Å². The lowest BCUT2D eigenvalue weighted by Gasteiger charge is -2.24. The Morgan fingerprint density at radius 3 is 2.00 bits per heavy atom. The molecule has 0 fully saturated rings. The minimum Gasteiger partial charge on any atom is -0.313 e. The molecule has 0 saturated carbocycles. The monoisotopic (exact) mass is 273 g/mol. The normalized spacial score (nSPS) is 16.1. The summed E-state index contributed by atoms with van der Waals surface area (Å²) < 4.78 is 28.0. The maximum Gasteiger partial charge on any atom is 0.130 e. The second kappa shape index (κ2) is 5.33. The summed E-state index contributed by atoms with van der Waals surface area (Å²) in [7, 11) is 1.76. The molecule has 20 heavy (non-hydrogen) atoms. The van der Waals surface area contributed by atoms with Gasteiger partial charge in [-0.25, -0.2) is 8.78 Å². The Morgan fingerprint density at radius 2 is 1.50 bits per heavy atom. The zero-order valence-electron chi connectivity index (χ0n) is 11.4. The molecule has 0 aromatic heterocycles. The summed E-state index contributed by atoms with van der Waals surface area (Å²) in [6.07, 6.45) is 1.71. The predicted octanol–water partition coefficient (Wildman–Crippen LogP) is 3.64. The van der Waals surface area contributed by atoms with Gasteiger partial charge in [0.2, 0.25) is 0 Å². The summed E-state index contributed by atoms with van der Waals surface area (Å²) >= 11 is 0. The smallest absolute Gasteiger partial charge is 0.130 e. The van der Waals surface area contributed by atoms with Gasteiger partial charge >= 0.3 is 0 Å². The summed E-state index contributed by atoms with van der Waals surface area (Å²) in [6, 6.07) is 12.0. The lowest BCUT2D eigenvalue weighted by atomic mass is 9.90. The summed E-state index contributed by atoms with van der Waals surface area (Å²) in [5.41, 5.74) is 2.73. The summed E-state index contributed by atoms with van der Waals surface area (Å²) in [5, 5.41) is 3.10. The highest BCUT2D eigenvalue weighted by atomic mass is 19.1. The molecule has 1 nitrogen and oxygen atoms in total. The first-order chi connectivity index (χ1) is 9.70. The van der Waals surface area contributed by atoms with Crippen LogP contribution in [0.1, 0.15) is 22.7 Å². The van der Waals surface area contributed by atoms with E-state index in [1.165, 1.54) is 29.3 Å². The SMILES string of the molecule is CNC(c1c(F)cccc1F)C1Cc2ccccc2C1. The van der Waals surface area contributed by atoms with Crippen molar-refractivity contribution in [3.05, 3.63) is 70.8 Å². The van der Waals surface area contributed by atoms with E-state index in [1.54, 1.807) is 7.05 Å². The number of rotatable bonds is 3. The molecule has 3 heteroatoms. The van der Waals surface area contributed by atoms with Crippen LogP contribution in [0.5, 0.6) is 0 Å². The van der Waals surface area contributed by atoms with E-state index < -0.39 is 11.6 Å². The van der Waals surface area contributed by atoms with Crippen molar-refractivity contribution in [2.75, 3.05) is 7.05 Å². The van der Waals surface area contributed by atoms with Crippen LogP contribution >= 0.6 is 0 Å². The van der Waals surface area contributed by atoms with Crippen molar-refractivity contribution < 1.29 is 8.78 Å². The van der Waals surface area contributed by atoms with Crippen LogP contribution in [0.15, 0.2) is 42.5 Å². The van der Waals surface area contributed by atoms with Gasteiger partial charge < -0.3 is 5.32 Å². The van der Waals surface area contributed by atoms with Gasteiger partial charge in [-0.1, -0.05) is 30.3 Å². The molecule has 104 valence electrons. The lowest BCUT2D eigenvalue weighted by Crippen LogP contribution is -2.27. The van der Waals surface area contributed by atoms with Gasteiger partial charge in [-0.3, -0.25) is 0 Å². The minimum atomic E-state index is -0.472. The molecule has 3 rings (SSSR count). The first-order valence-electron chi connectivity index (χ1n) is 6.88. The van der Waals surface area contributed by atoms with Crippen LogP contribution in [0.2, 0.25) is 0 Å². The molecule has 0 amide bonds. The second-order valence-electron chi connectivity index (χ2n) is 5.34. The van der Waals surface area contributed by atoms with E-state index in [0.717, 1.165) is 12.8 Å². The highest BCUT2D eigenvalue weighted by molar-refractivity contribution is 5.34. The van der Waals surface area contributed by atoms with E-state index in [1.807, 2.05) is 12.1 Å². The molecule has 0 aliphatic heterocycles. The first-order valence-corrected chi connectivity index (χ1v) is 6.88. The van der Waals surface area contributed by atoms with Crippen molar-refractivity contribution in [1.29, 1.82) is 0 Å². The molecular weight excluding hydrogens is 256 g/mol. The molecule has 1 atom stereocenters. The van der Waals surface area contributed by atoms with Crippen LogP contribution in [-0.2, 0) is 12.8 Å². The Labute approximate surface area is 117 Å². The Balaban J connectivity index is 1.93. The lowest BCUT2D eigenvalue weighted by molar-refractivity contribution is 0.369. The quantitative estimate of drug-likeness (QED) is 0.900. The molecular formula is C17H17F2N. The van der Waals surface area contributed by atoms with Crippen LogP contribution in [0.3, 0.4) is 0 Å². The highest BCUT2D eigenvalue weighted by Gasteiger charge is 2.31. The van der Waals surface area contributed by atoms with Gasteiger partial charge in [0.25, 0.3) is 0 Å². The molecule has 2 aromatic carbocycles. The molecule has 0 saturated heterocycles. The Bertz CT molecular complexity index is 579. The molecule has 1 aliphatic rings. The van der Waals surface area contributed by atoms with Crippen LogP contribution in [-0.4, -0.2) is 7.05 Å². The Hall–Kier alpha value is -1.74. The number of hydrogen-bond donors (Lipinski definition) is 1. The average molecular weight is 273 g/mol. The van der Waals surface area contributed by atoms with E-state index in [9.17, 15) is 8.78 Å². The topological polar surface area (TPSA) is 12.0 Å². The van der Waals surface area contributed by atoms with Crippen molar-refractivity contribution in [3.8, 4) is 0 Å². The Kier molecular flexibility index (Phi) is 3.53. The summed E-state index contributed by atoms with van der Waals surface area (Å²) in [4.78, 5) is 0.